The van der Waals surface area contributed by atoms with Crippen molar-refractivity contribution in [2.75, 3.05) is 19.7 Å². The molecule has 0 radical (unpaired) electrons. The number of hydrogen-bond donors (Lipinski definition) is 1. The van der Waals surface area contributed by atoms with Crippen LogP contribution in [0.5, 0.6) is 5.75 Å². The summed E-state index contributed by atoms with van der Waals surface area (Å²) in [5.74, 6) is 1.87. The Kier molecular flexibility index (Phi) is 4.37. The summed E-state index contributed by atoms with van der Waals surface area (Å²) in [4.78, 5) is 4.48. The highest BCUT2D eigenvalue weighted by Crippen LogP contribution is 2.27. The first-order valence-corrected chi connectivity index (χ1v) is 6.59. The summed E-state index contributed by atoms with van der Waals surface area (Å²) in [6.07, 6.45) is 3.72. The van der Waals surface area contributed by atoms with Crippen molar-refractivity contribution in [3.63, 3.8) is 0 Å². The molecule has 1 heterocycles. The molecule has 0 spiro atoms. The minimum Gasteiger partial charge on any atom is -0.490 e. The van der Waals surface area contributed by atoms with Gasteiger partial charge in [-0.25, -0.2) is 0 Å². The lowest BCUT2D eigenvalue weighted by atomic mass is 10.2. The Morgan fingerprint density at radius 2 is 2.24 bits per heavy atom. The highest BCUT2D eigenvalue weighted by molar-refractivity contribution is 5.29. The molecule has 0 aliphatic heterocycles. The maximum absolute atomic E-state index is 5.76. The monoisotopic (exact) mass is 234 g/mol. The van der Waals surface area contributed by atoms with Gasteiger partial charge in [0.25, 0.3) is 0 Å². The highest BCUT2D eigenvalue weighted by Gasteiger charge is 2.19. The Morgan fingerprint density at radius 1 is 1.41 bits per heavy atom. The number of nitrogens with one attached hydrogen (secondary N) is 1. The molecule has 0 amide bonds. The fourth-order valence-electron chi connectivity index (χ4n) is 1.84. The highest BCUT2D eigenvalue weighted by atomic mass is 16.5. The van der Waals surface area contributed by atoms with E-state index in [0.29, 0.717) is 0 Å². The number of hydrogen-bond acceptors (Lipinski definition) is 3. The molecule has 1 aromatic rings. The maximum atomic E-state index is 5.76. The van der Waals surface area contributed by atoms with E-state index in [1.165, 1.54) is 12.8 Å². The molecular formula is C14H22N2O. The molecule has 94 valence electrons. The van der Waals surface area contributed by atoms with Crippen molar-refractivity contribution in [1.82, 2.24) is 10.3 Å². The lowest BCUT2D eigenvalue weighted by molar-refractivity contribution is 0.308. The molecule has 0 unspecified atom stereocenters. The van der Waals surface area contributed by atoms with Crippen molar-refractivity contribution >= 4 is 0 Å². The number of ether oxygens (including phenoxy) is 1. The SMILES string of the molecule is CCc1nc(C)ccc1OCCNCC1CC1. The van der Waals surface area contributed by atoms with E-state index in [1.54, 1.807) is 0 Å². The Morgan fingerprint density at radius 3 is 2.94 bits per heavy atom. The van der Waals surface area contributed by atoms with Crippen molar-refractivity contribution in [3.8, 4) is 5.75 Å². The second-order valence-corrected chi connectivity index (χ2v) is 4.75. The van der Waals surface area contributed by atoms with Gasteiger partial charge in [0.1, 0.15) is 12.4 Å². The normalized spacial score (nSPS) is 14.9. The lowest BCUT2D eigenvalue weighted by Gasteiger charge is -2.10. The second kappa shape index (κ2) is 6.01. The zero-order valence-electron chi connectivity index (χ0n) is 10.8. The molecule has 2 rings (SSSR count). The number of pyridine rings is 1. The zero-order valence-corrected chi connectivity index (χ0v) is 10.8. The first-order valence-electron chi connectivity index (χ1n) is 6.59. The molecule has 1 aliphatic carbocycles. The summed E-state index contributed by atoms with van der Waals surface area (Å²) in [5, 5.41) is 3.42. The van der Waals surface area contributed by atoms with Gasteiger partial charge >= 0.3 is 0 Å². The van der Waals surface area contributed by atoms with Gasteiger partial charge in [-0.2, -0.15) is 0 Å². The van der Waals surface area contributed by atoms with Crippen LogP contribution in [0.2, 0.25) is 0 Å². The number of aryl methyl sites for hydroxylation is 2. The molecule has 1 saturated carbocycles. The molecule has 3 nitrogen and oxygen atoms in total. The van der Waals surface area contributed by atoms with E-state index < -0.39 is 0 Å². The quantitative estimate of drug-likeness (QED) is 0.735. The summed E-state index contributed by atoms with van der Waals surface area (Å²) in [6.45, 7) is 6.92. The maximum Gasteiger partial charge on any atom is 0.140 e. The largest absolute Gasteiger partial charge is 0.490 e. The minimum absolute atomic E-state index is 0.727. The van der Waals surface area contributed by atoms with E-state index in [1.807, 2.05) is 19.1 Å². The summed E-state index contributed by atoms with van der Waals surface area (Å²) in [7, 11) is 0. The third-order valence-corrected chi connectivity index (χ3v) is 3.07. The van der Waals surface area contributed by atoms with Crippen LogP contribution in [0.25, 0.3) is 0 Å². The summed E-state index contributed by atoms with van der Waals surface area (Å²) >= 11 is 0. The average molecular weight is 234 g/mol. The first-order chi connectivity index (χ1) is 8.29. The summed E-state index contributed by atoms with van der Waals surface area (Å²) in [6, 6.07) is 4.04. The van der Waals surface area contributed by atoms with Gasteiger partial charge in [0.15, 0.2) is 0 Å². The van der Waals surface area contributed by atoms with Crippen LogP contribution in [0.15, 0.2) is 12.1 Å². The number of nitrogens with zero attached hydrogens (tertiary/aromatic N) is 1. The third kappa shape index (κ3) is 4.00. The van der Waals surface area contributed by atoms with E-state index >= 15 is 0 Å². The lowest BCUT2D eigenvalue weighted by Crippen LogP contribution is -2.23. The minimum atomic E-state index is 0.727. The fourth-order valence-corrected chi connectivity index (χ4v) is 1.84. The van der Waals surface area contributed by atoms with Gasteiger partial charge in [-0.05, 0) is 50.8 Å². The summed E-state index contributed by atoms with van der Waals surface area (Å²) in [5.41, 5.74) is 2.12. The Bertz CT molecular complexity index is 361. The van der Waals surface area contributed by atoms with Crippen molar-refractivity contribution in [2.45, 2.75) is 33.1 Å². The molecule has 0 saturated heterocycles. The van der Waals surface area contributed by atoms with Crippen LogP contribution in [0.4, 0.5) is 0 Å². The van der Waals surface area contributed by atoms with E-state index in [4.69, 9.17) is 4.74 Å². The topological polar surface area (TPSA) is 34.1 Å². The van der Waals surface area contributed by atoms with Gasteiger partial charge in [0, 0.05) is 12.2 Å². The molecule has 0 aromatic carbocycles. The predicted molar refractivity (Wildman–Crippen MR) is 69.4 cm³/mol. The number of rotatable bonds is 7. The molecular weight excluding hydrogens is 212 g/mol. The van der Waals surface area contributed by atoms with Crippen molar-refractivity contribution in [2.24, 2.45) is 5.92 Å². The van der Waals surface area contributed by atoms with Crippen molar-refractivity contribution < 1.29 is 4.74 Å². The zero-order chi connectivity index (χ0) is 12.1. The van der Waals surface area contributed by atoms with E-state index in [0.717, 1.165) is 49.2 Å². The number of aromatic nitrogens is 1. The Hall–Kier alpha value is -1.09. The van der Waals surface area contributed by atoms with Gasteiger partial charge in [-0.1, -0.05) is 6.92 Å². The molecule has 1 aliphatic rings. The molecule has 3 heteroatoms. The molecule has 17 heavy (non-hydrogen) atoms. The van der Waals surface area contributed by atoms with Crippen LogP contribution in [0.1, 0.15) is 31.2 Å². The van der Waals surface area contributed by atoms with Gasteiger partial charge in [-0.3, -0.25) is 4.98 Å². The Balaban J connectivity index is 1.73. The third-order valence-electron chi connectivity index (χ3n) is 3.07. The summed E-state index contributed by atoms with van der Waals surface area (Å²) < 4.78 is 5.76. The molecule has 1 aromatic heterocycles. The van der Waals surface area contributed by atoms with Crippen LogP contribution in [-0.4, -0.2) is 24.7 Å². The van der Waals surface area contributed by atoms with Gasteiger partial charge < -0.3 is 10.1 Å². The van der Waals surface area contributed by atoms with Crippen LogP contribution in [-0.2, 0) is 6.42 Å². The average Bonchev–Trinajstić information content (AvgIpc) is 3.14. The molecule has 0 atom stereocenters. The molecule has 0 bridgehead atoms. The standard InChI is InChI=1S/C14H22N2O/c1-3-13-14(7-4-11(2)16-13)17-9-8-15-10-12-5-6-12/h4,7,12,15H,3,5-6,8-10H2,1-2H3. The van der Waals surface area contributed by atoms with E-state index in [2.05, 4.69) is 17.2 Å². The van der Waals surface area contributed by atoms with Gasteiger partial charge in [-0.15, -0.1) is 0 Å². The smallest absolute Gasteiger partial charge is 0.140 e. The van der Waals surface area contributed by atoms with E-state index in [9.17, 15) is 0 Å². The van der Waals surface area contributed by atoms with Crippen LogP contribution >= 0.6 is 0 Å². The predicted octanol–water partition coefficient (Wildman–Crippen LogP) is 2.33. The van der Waals surface area contributed by atoms with Gasteiger partial charge in [0.05, 0.1) is 5.69 Å². The van der Waals surface area contributed by atoms with E-state index in [-0.39, 0.29) is 0 Å². The van der Waals surface area contributed by atoms with Crippen molar-refractivity contribution in [1.29, 1.82) is 0 Å². The Labute approximate surface area is 104 Å². The van der Waals surface area contributed by atoms with Crippen molar-refractivity contribution in [3.05, 3.63) is 23.5 Å². The molecule has 1 N–H and O–H groups in total. The first kappa shape index (κ1) is 12.4. The van der Waals surface area contributed by atoms with Crippen LogP contribution < -0.4 is 10.1 Å². The van der Waals surface area contributed by atoms with Crippen LogP contribution in [0.3, 0.4) is 0 Å². The fraction of sp³-hybridized carbons (Fsp3) is 0.643. The van der Waals surface area contributed by atoms with Gasteiger partial charge in [0.2, 0.25) is 0 Å². The molecule has 1 fully saturated rings. The second-order valence-electron chi connectivity index (χ2n) is 4.75. The van der Waals surface area contributed by atoms with Crippen LogP contribution in [0, 0.1) is 12.8 Å².